The lowest BCUT2D eigenvalue weighted by atomic mass is 10.2. The first-order valence-corrected chi connectivity index (χ1v) is 8.54. The van der Waals surface area contributed by atoms with Crippen molar-refractivity contribution in [3.63, 3.8) is 0 Å². The zero-order valence-corrected chi connectivity index (χ0v) is 13.9. The molecule has 0 aromatic carbocycles. The van der Waals surface area contributed by atoms with Crippen LogP contribution in [0.3, 0.4) is 0 Å². The highest BCUT2D eigenvalue weighted by Crippen LogP contribution is 2.22. The molecule has 20 heavy (non-hydrogen) atoms. The van der Waals surface area contributed by atoms with E-state index in [0.717, 1.165) is 29.7 Å². The normalized spacial score (nSPS) is 17.4. The fourth-order valence-electron chi connectivity index (χ4n) is 2.33. The van der Waals surface area contributed by atoms with Gasteiger partial charge in [0.05, 0.1) is 8.66 Å². The van der Waals surface area contributed by atoms with Crippen LogP contribution in [0.15, 0.2) is 15.9 Å². The van der Waals surface area contributed by atoms with Crippen molar-refractivity contribution in [2.75, 3.05) is 13.1 Å². The van der Waals surface area contributed by atoms with E-state index in [0.29, 0.717) is 4.88 Å². The van der Waals surface area contributed by atoms with Crippen LogP contribution in [0.25, 0.3) is 0 Å². The summed E-state index contributed by atoms with van der Waals surface area (Å²) in [7, 11) is 0. The van der Waals surface area contributed by atoms with Crippen LogP contribution in [0.1, 0.15) is 42.3 Å². The van der Waals surface area contributed by atoms with Crippen LogP contribution in [0.2, 0.25) is 0 Å². The number of rotatable bonds is 3. The topological polar surface area (TPSA) is 49.4 Å². The Morgan fingerprint density at radius 2 is 1.90 bits per heavy atom. The second-order valence-corrected chi connectivity index (χ2v) is 7.50. The molecule has 4 nitrogen and oxygen atoms in total. The van der Waals surface area contributed by atoms with E-state index in [4.69, 9.17) is 0 Å². The first-order valence-electron chi connectivity index (χ1n) is 6.93. The lowest BCUT2D eigenvalue weighted by Crippen LogP contribution is -2.47. The van der Waals surface area contributed by atoms with Gasteiger partial charge in [-0.05, 0) is 47.8 Å². The van der Waals surface area contributed by atoms with E-state index < -0.39 is 6.04 Å². The molecule has 0 spiro atoms. The number of hydrogen-bond donors (Lipinski definition) is 1. The van der Waals surface area contributed by atoms with Crippen molar-refractivity contribution < 1.29 is 9.59 Å². The van der Waals surface area contributed by atoms with Crippen LogP contribution in [-0.2, 0) is 4.79 Å². The minimum atomic E-state index is -0.471. The first kappa shape index (κ1) is 15.5. The van der Waals surface area contributed by atoms with Gasteiger partial charge in [0.1, 0.15) is 6.04 Å². The van der Waals surface area contributed by atoms with Crippen LogP contribution in [0, 0.1) is 0 Å². The molecule has 2 amide bonds. The Bertz CT molecular complexity index is 481. The van der Waals surface area contributed by atoms with E-state index in [1.54, 1.807) is 13.0 Å². The van der Waals surface area contributed by atoms with Gasteiger partial charge in [0.2, 0.25) is 5.91 Å². The highest BCUT2D eigenvalue weighted by molar-refractivity contribution is 9.11. The molecular formula is C14H19BrN2O2S. The number of nitrogens with one attached hydrogen (secondary N) is 1. The van der Waals surface area contributed by atoms with Crippen molar-refractivity contribution in [1.29, 1.82) is 0 Å². The Balaban J connectivity index is 1.91. The van der Waals surface area contributed by atoms with Crippen LogP contribution in [-0.4, -0.2) is 35.8 Å². The van der Waals surface area contributed by atoms with Gasteiger partial charge in [-0.3, -0.25) is 9.59 Å². The monoisotopic (exact) mass is 358 g/mol. The summed E-state index contributed by atoms with van der Waals surface area (Å²) < 4.78 is 0.911. The van der Waals surface area contributed by atoms with E-state index in [1.807, 2.05) is 11.0 Å². The smallest absolute Gasteiger partial charge is 0.262 e. The number of hydrogen-bond acceptors (Lipinski definition) is 3. The molecule has 0 radical (unpaired) electrons. The summed E-state index contributed by atoms with van der Waals surface area (Å²) in [6, 6.07) is 3.12. The first-order chi connectivity index (χ1) is 9.58. The van der Waals surface area contributed by atoms with Gasteiger partial charge in [-0.1, -0.05) is 12.8 Å². The number of halogens is 1. The summed E-state index contributed by atoms with van der Waals surface area (Å²) in [4.78, 5) is 26.9. The van der Waals surface area contributed by atoms with E-state index in [1.165, 1.54) is 24.2 Å². The van der Waals surface area contributed by atoms with Crippen molar-refractivity contribution in [3.8, 4) is 0 Å². The van der Waals surface area contributed by atoms with Gasteiger partial charge in [-0.2, -0.15) is 0 Å². The summed E-state index contributed by atoms with van der Waals surface area (Å²) in [5, 5.41) is 2.79. The highest BCUT2D eigenvalue weighted by Gasteiger charge is 2.23. The molecule has 1 aliphatic heterocycles. The molecule has 6 heteroatoms. The lowest BCUT2D eigenvalue weighted by molar-refractivity contribution is -0.132. The van der Waals surface area contributed by atoms with Crippen LogP contribution < -0.4 is 5.32 Å². The molecule has 110 valence electrons. The number of nitrogens with zero attached hydrogens (tertiary/aromatic N) is 1. The quantitative estimate of drug-likeness (QED) is 0.902. The van der Waals surface area contributed by atoms with Gasteiger partial charge in [0.15, 0.2) is 0 Å². The summed E-state index contributed by atoms with van der Waals surface area (Å²) in [6.45, 7) is 3.38. The van der Waals surface area contributed by atoms with Gasteiger partial charge in [-0.25, -0.2) is 0 Å². The summed E-state index contributed by atoms with van der Waals surface area (Å²) in [5.41, 5.74) is 0. The highest BCUT2D eigenvalue weighted by atomic mass is 79.9. The van der Waals surface area contributed by atoms with Crippen molar-refractivity contribution in [2.45, 2.75) is 38.6 Å². The standard InChI is InChI=1S/C14H19BrN2O2S/c1-10(14(19)17-8-4-2-3-5-9-17)16-13(18)11-6-7-12(15)20-11/h6-7,10H,2-5,8-9H2,1H3,(H,16,18). The maximum absolute atomic E-state index is 12.3. The van der Waals surface area contributed by atoms with Crippen molar-refractivity contribution >= 4 is 39.1 Å². The number of amides is 2. The van der Waals surface area contributed by atoms with Crippen LogP contribution in [0.5, 0.6) is 0 Å². The molecule has 1 N–H and O–H groups in total. The summed E-state index contributed by atoms with van der Waals surface area (Å²) in [6.07, 6.45) is 4.50. The zero-order valence-electron chi connectivity index (χ0n) is 11.5. The number of thiophene rings is 1. The predicted molar refractivity (Wildman–Crippen MR) is 84.0 cm³/mol. The summed E-state index contributed by atoms with van der Waals surface area (Å²) in [5.74, 6) is -0.160. The minimum absolute atomic E-state index is 0.0240. The maximum atomic E-state index is 12.3. The molecule has 1 aromatic rings. The predicted octanol–water partition coefficient (Wildman–Crippen LogP) is 3.03. The maximum Gasteiger partial charge on any atom is 0.262 e. The van der Waals surface area contributed by atoms with Gasteiger partial charge < -0.3 is 10.2 Å². The Morgan fingerprint density at radius 3 is 2.45 bits per heavy atom. The third kappa shape index (κ3) is 4.06. The zero-order chi connectivity index (χ0) is 14.5. The van der Waals surface area contributed by atoms with Gasteiger partial charge >= 0.3 is 0 Å². The van der Waals surface area contributed by atoms with Crippen LogP contribution >= 0.6 is 27.3 Å². The molecule has 0 bridgehead atoms. The van der Waals surface area contributed by atoms with E-state index in [2.05, 4.69) is 21.2 Å². The molecule has 1 atom stereocenters. The molecule has 0 saturated carbocycles. The van der Waals surface area contributed by atoms with Crippen molar-refractivity contribution in [2.24, 2.45) is 0 Å². The summed E-state index contributed by atoms with van der Waals surface area (Å²) >= 11 is 4.70. The van der Waals surface area contributed by atoms with Crippen LogP contribution in [0.4, 0.5) is 0 Å². The third-order valence-electron chi connectivity index (χ3n) is 3.43. The Kier molecular flexibility index (Phi) is 5.60. The number of likely N-dealkylation sites (tertiary alicyclic amines) is 1. The molecule has 1 aliphatic rings. The van der Waals surface area contributed by atoms with Crippen molar-refractivity contribution in [3.05, 3.63) is 20.8 Å². The molecule has 0 aliphatic carbocycles. The Labute approximate surface area is 131 Å². The number of carbonyl (C=O) groups excluding carboxylic acids is 2. The molecule has 1 fully saturated rings. The average Bonchev–Trinajstić information content (AvgIpc) is 2.70. The third-order valence-corrected chi connectivity index (χ3v) is 5.06. The molecule has 1 aromatic heterocycles. The van der Waals surface area contributed by atoms with E-state index >= 15 is 0 Å². The molecule has 2 heterocycles. The second-order valence-electron chi connectivity index (χ2n) is 5.04. The van der Waals surface area contributed by atoms with Gasteiger partial charge in [-0.15, -0.1) is 11.3 Å². The second kappa shape index (κ2) is 7.22. The molecule has 1 saturated heterocycles. The van der Waals surface area contributed by atoms with E-state index in [9.17, 15) is 9.59 Å². The SMILES string of the molecule is CC(NC(=O)c1ccc(Br)s1)C(=O)N1CCCCCC1. The van der Waals surface area contributed by atoms with Gasteiger partial charge in [0.25, 0.3) is 5.91 Å². The largest absolute Gasteiger partial charge is 0.341 e. The fraction of sp³-hybridized carbons (Fsp3) is 0.571. The van der Waals surface area contributed by atoms with Crippen molar-refractivity contribution in [1.82, 2.24) is 10.2 Å². The minimum Gasteiger partial charge on any atom is -0.341 e. The Morgan fingerprint density at radius 1 is 1.25 bits per heavy atom. The lowest BCUT2D eigenvalue weighted by Gasteiger charge is -2.24. The molecular weight excluding hydrogens is 340 g/mol. The molecule has 1 unspecified atom stereocenters. The average molecular weight is 359 g/mol. The fourth-order valence-corrected chi connectivity index (χ4v) is 3.62. The Hall–Kier alpha value is -0.880. The number of carbonyl (C=O) groups is 2. The molecule has 2 rings (SSSR count). The van der Waals surface area contributed by atoms with E-state index in [-0.39, 0.29) is 11.8 Å². The van der Waals surface area contributed by atoms with Gasteiger partial charge in [0, 0.05) is 13.1 Å².